The van der Waals surface area contributed by atoms with Gasteiger partial charge in [-0.15, -0.1) is 0 Å². The molecule has 0 rings (SSSR count). The number of rotatable bonds is 8. The minimum atomic E-state index is -1.07. The Kier molecular flexibility index (Phi) is 7.62. The zero-order valence-electron chi connectivity index (χ0n) is 9.28. The molecule has 0 fully saturated rings. The van der Waals surface area contributed by atoms with E-state index in [-0.39, 0.29) is 12.5 Å². The van der Waals surface area contributed by atoms with Crippen LogP contribution in [0.25, 0.3) is 0 Å². The van der Waals surface area contributed by atoms with Crippen molar-refractivity contribution < 1.29 is 19.4 Å². The maximum absolute atomic E-state index is 11.3. The summed E-state index contributed by atoms with van der Waals surface area (Å²) in [6.45, 7) is 2.04. The summed E-state index contributed by atoms with van der Waals surface area (Å²) in [5.41, 5.74) is 0. The van der Waals surface area contributed by atoms with Crippen LogP contribution in [0.1, 0.15) is 32.6 Å². The SMILES string of the molecule is CCCCCC(=O)NC(COC)C(=O)O. The number of carboxylic acid groups (broad SMARTS) is 1. The number of hydrogen-bond donors (Lipinski definition) is 2. The van der Waals surface area contributed by atoms with Gasteiger partial charge in [0.15, 0.2) is 6.04 Å². The van der Waals surface area contributed by atoms with Crippen LogP contribution in [-0.4, -0.2) is 36.7 Å². The molecule has 0 heterocycles. The molecule has 0 aliphatic carbocycles. The second-order valence-corrected chi connectivity index (χ2v) is 3.37. The van der Waals surface area contributed by atoms with Crippen LogP contribution >= 0.6 is 0 Å². The molecule has 0 saturated heterocycles. The van der Waals surface area contributed by atoms with Crippen LogP contribution in [0.3, 0.4) is 0 Å². The van der Waals surface area contributed by atoms with Crippen LogP contribution in [0.2, 0.25) is 0 Å². The molecule has 0 saturated carbocycles. The smallest absolute Gasteiger partial charge is 0.328 e. The highest BCUT2D eigenvalue weighted by Crippen LogP contribution is 1.99. The van der Waals surface area contributed by atoms with Crippen molar-refractivity contribution in [3.05, 3.63) is 0 Å². The molecule has 2 N–H and O–H groups in total. The molecular formula is C10H19NO4. The minimum absolute atomic E-state index is 0.00511. The molecule has 0 aliphatic rings. The van der Waals surface area contributed by atoms with E-state index in [9.17, 15) is 9.59 Å². The first kappa shape index (κ1) is 13.9. The van der Waals surface area contributed by atoms with Gasteiger partial charge in [-0.3, -0.25) is 4.79 Å². The summed E-state index contributed by atoms with van der Waals surface area (Å²) in [6.07, 6.45) is 3.19. The topological polar surface area (TPSA) is 75.6 Å². The van der Waals surface area contributed by atoms with Gasteiger partial charge in [-0.05, 0) is 6.42 Å². The van der Waals surface area contributed by atoms with Gasteiger partial charge in [-0.25, -0.2) is 4.79 Å². The van der Waals surface area contributed by atoms with Crippen molar-refractivity contribution in [3.63, 3.8) is 0 Å². The highest BCUT2D eigenvalue weighted by atomic mass is 16.5. The normalized spacial score (nSPS) is 12.1. The van der Waals surface area contributed by atoms with E-state index in [2.05, 4.69) is 5.32 Å². The summed E-state index contributed by atoms with van der Waals surface area (Å²) < 4.78 is 4.70. The Bertz CT molecular complexity index is 206. The van der Waals surface area contributed by atoms with Crippen molar-refractivity contribution in [1.82, 2.24) is 5.32 Å². The molecule has 0 aromatic heterocycles. The van der Waals surface area contributed by atoms with Crippen LogP contribution in [0.4, 0.5) is 0 Å². The summed E-state index contributed by atoms with van der Waals surface area (Å²) in [7, 11) is 1.40. The van der Waals surface area contributed by atoms with Crippen molar-refractivity contribution >= 4 is 11.9 Å². The summed E-state index contributed by atoms with van der Waals surface area (Å²) in [6, 6.07) is -0.941. The molecule has 0 spiro atoms. The summed E-state index contributed by atoms with van der Waals surface area (Å²) in [5, 5.41) is 11.1. The van der Waals surface area contributed by atoms with Gasteiger partial charge in [0.25, 0.3) is 0 Å². The lowest BCUT2D eigenvalue weighted by molar-refractivity contribution is -0.143. The third-order valence-corrected chi connectivity index (χ3v) is 1.97. The van der Waals surface area contributed by atoms with Crippen molar-refractivity contribution in [2.75, 3.05) is 13.7 Å². The summed E-state index contributed by atoms with van der Waals surface area (Å²) in [4.78, 5) is 21.9. The lowest BCUT2D eigenvalue weighted by atomic mass is 10.2. The Morgan fingerprint density at radius 2 is 2.07 bits per heavy atom. The number of hydrogen-bond acceptors (Lipinski definition) is 3. The lowest BCUT2D eigenvalue weighted by Gasteiger charge is -2.13. The molecule has 0 aromatic rings. The molecule has 1 amide bonds. The Hall–Kier alpha value is -1.10. The average Bonchev–Trinajstić information content (AvgIpc) is 2.17. The second-order valence-electron chi connectivity index (χ2n) is 3.37. The van der Waals surface area contributed by atoms with Crippen molar-refractivity contribution in [2.45, 2.75) is 38.6 Å². The first-order valence-electron chi connectivity index (χ1n) is 5.13. The molecular weight excluding hydrogens is 198 g/mol. The van der Waals surface area contributed by atoms with E-state index < -0.39 is 12.0 Å². The van der Waals surface area contributed by atoms with Crippen LogP contribution in [0.15, 0.2) is 0 Å². The monoisotopic (exact) mass is 217 g/mol. The van der Waals surface area contributed by atoms with E-state index in [0.29, 0.717) is 6.42 Å². The molecule has 0 aliphatic heterocycles. The molecule has 88 valence electrons. The molecule has 0 bridgehead atoms. The average molecular weight is 217 g/mol. The predicted molar refractivity (Wildman–Crippen MR) is 55.6 cm³/mol. The Labute approximate surface area is 89.8 Å². The van der Waals surface area contributed by atoms with E-state index in [1.807, 2.05) is 6.92 Å². The summed E-state index contributed by atoms with van der Waals surface area (Å²) >= 11 is 0. The van der Waals surface area contributed by atoms with Crippen LogP contribution in [0.5, 0.6) is 0 Å². The Morgan fingerprint density at radius 3 is 2.53 bits per heavy atom. The van der Waals surface area contributed by atoms with Gasteiger partial charge in [0, 0.05) is 13.5 Å². The van der Waals surface area contributed by atoms with E-state index >= 15 is 0 Å². The molecule has 1 atom stereocenters. The van der Waals surface area contributed by atoms with Crippen molar-refractivity contribution in [2.24, 2.45) is 0 Å². The molecule has 15 heavy (non-hydrogen) atoms. The fourth-order valence-electron chi connectivity index (χ4n) is 1.14. The highest BCUT2D eigenvalue weighted by molar-refractivity contribution is 5.83. The Morgan fingerprint density at radius 1 is 1.40 bits per heavy atom. The molecule has 5 heteroatoms. The second kappa shape index (κ2) is 8.23. The zero-order valence-corrected chi connectivity index (χ0v) is 9.28. The van der Waals surface area contributed by atoms with Gasteiger partial charge in [0.05, 0.1) is 6.61 Å². The van der Waals surface area contributed by atoms with Crippen molar-refractivity contribution in [3.8, 4) is 0 Å². The first-order chi connectivity index (χ1) is 7.11. The van der Waals surface area contributed by atoms with E-state index in [1.165, 1.54) is 7.11 Å². The predicted octanol–water partition coefficient (Wildman–Crippen LogP) is 0.782. The van der Waals surface area contributed by atoms with Gasteiger partial charge in [-0.2, -0.15) is 0 Å². The maximum atomic E-state index is 11.3. The van der Waals surface area contributed by atoms with E-state index in [1.54, 1.807) is 0 Å². The number of carbonyl (C=O) groups is 2. The van der Waals surface area contributed by atoms with Crippen LogP contribution < -0.4 is 5.32 Å². The van der Waals surface area contributed by atoms with Gasteiger partial charge in [0.1, 0.15) is 0 Å². The molecule has 5 nitrogen and oxygen atoms in total. The number of amides is 1. The minimum Gasteiger partial charge on any atom is -0.480 e. The van der Waals surface area contributed by atoms with Gasteiger partial charge in [0.2, 0.25) is 5.91 Å². The maximum Gasteiger partial charge on any atom is 0.328 e. The van der Waals surface area contributed by atoms with Gasteiger partial charge >= 0.3 is 5.97 Å². The van der Waals surface area contributed by atoms with Crippen LogP contribution in [0, 0.1) is 0 Å². The van der Waals surface area contributed by atoms with E-state index in [0.717, 1.165) is 19.3 Å². The van der Waals surface area contributed by atoms with Crippen LogP contribution in [-0.2, 0) is 14.3 Å². The number of methoxy groups -OCH3 is 1. The number of aliphatic carboxylic acids is 1. The largest absolute Gasteiger partial charge is 0.480 e. The third kappa shape index (κ3) is 6.90. The number of carbonyl (C=O) groups excluding carboxylic acids is 1. The van der Waals surface area contributed by atoms with Gasteiger partial charge in [-0.1, -0.05) is 19.8 Å². The number of ether oxygens (including phenoxy) is 1. The summed E-state index contributed by atoms with van der Waals surface area (Å²) in [5.74, 6) is -1.30. The number of unbranched alkanes of at least 4 members (excludes halogenated alkanes) is 2. The Balaban J connectivity index is 3.84. The van der Waals surface area contributed by atoms with Crippen molar-refractivity contribution in [1.29, 1.82) is 0 Å². The number of nitrogens with one attached hydrogen (secondary N) is 1. The quantitative estimate of drug-likeness (QED) is 0.589. The van der Waals surface area contributed by atoms with Gasteiger partial charge < -0.3 is 15.2 Å². The third-order valence-electron chi connectivity index (χ3n) is 1.97. The first-order valence-corrected chi connectivity index (χ1v) is 5.13. The fourth-order valence-corrected chi connectivity index (χ4v) is 1.14. The number of carboxylic acids is 1. The molecule has 0 radical (unpaired) electrons. The van der Waals surface area contributed by atoms with E-state index in [4.69, 9.17) is 9.84 Å². The fraction of sp³-hybridized carbons (Fsp3) is 0.800. The lowest BCUT2D eigenvalue weighted by Crippen LogP contribution is -2.43. The zero-order chi connectivity index (χ0) is 11.7. The molecule has 1 unspecified atom stereocenters. The molecule has 0 aromatic carbocycles. The standard InChI is InChI=1S/C10H19NO4/c1-3-4-5-6-9(12)11-8(7-15-2)10(13)14/h8H,3-7H2,1-2H3,(H,11,12)(H,13,14). The highest BCUT2D eigenvalue weighted by Gasteiger charge is 2.18.